The number of hydrogen-bond acceptors (Lipinski definition) is 3. The molecule has 0 spiro atoms. The number of nitrogens with two attached hydrogens (primary N) is 1. The molecular weight excluding hydrogens is 212 g/mol. The minimum absolute atomic E-state index is 0.210. The first-order valence-electron chi connectivity index (χ1n) is 4.58. The summed E-state index contributed by atoms with van der Waals surface area (Å²) >= 11 is 0. The van der Waals surface area contributed by atoms with Crippen molar-refractivity contribution in [2.24, 2.45) is 5.14 Å². The molecule has 1 rings (SSSR count). The predicted molar refractivity (Wildman–Crippen MR) is 59.9 cm³/mol. The van der Waals surface area contributed by atoms with E-state index in [0.29, 0.717) is 6.54 Å². The molecule has 0 amide bonds. The summed E-state index contributed by atoms with van der Waals surface area (Å²) in [5, 5.41) is 5.12. The van der Waals surface area contributed by atoms with Gasteiger partial charge in [0.15, 0.2) is 0 Å². The zero-order valence-corrected chi connectivity index (χ0v) is 10.0. The summed E-state index contributed by atoms with van der Waals surface area (Å²) in [5.41, 5.74) is 1.71. The summed E-state index contributed by atoms with van der Waals surface area (Å²) < 4.78 is 22.5. The fraction of sp³-hybridized carbons (Fsp3) is 0.400. The Morgan fingerprint density at radius 3 is 2.40 bits per heavy atom. The highest BCUT2D eigenvalue weighted by Crippen LogP contribution is 2.18. The second-order valence-electron chi connectivity index (χ2n) is 3.82. The molecule has 0 aliphatic heterocycles. The zero-order chi connectivity index (χ0) is 11.6. The zero-order valence-electron chi connectivity index (χ0n) is 9.19. The quantitative estimate of drug-likeness (QED) is 0.828. The molecule has 0 radical (unpaired) electrons. The third kappa shape index (κ3) is 3.02. The van der Waals surface area contributed by atoms with Crippen LogP contribution in [-0.4, -0.2) is 27.4 Å². The van der Waals surface area contributed by atoms with E-state index in [1.54, 1.807) is 13.0 Å². The molecule has 0 fully saturated rings. The Bertz CT molecular complexity index is 452. The molecule has 0 aromatic heterocycles. The molecule has 15 heavy (non-hydrogen) atoms. The van der Waals surface area contributed by atoms with Crippen LogP contribution in [0.4, 0.5) is 0 Å². The van der Waals surface area contributed by atoms with Crippen molar-refractivity contribution in [1.29, 1.82) is 0 Å². The Morgan fingerprint density at radius 2 is 1.93 bits per heavy atom. The molecule has 2 N–H and O–H groups in total. The van der Waals surface area contributed by atoms with E-state index in [2.05, 4.69) is 0 Å². The normalized spacial score (nSPS) is 12.1. The average molecular weight is 228 g/mol. The van der Waals surface area contributed by atoms with Crippen LogP contribution in [0.5, 0.6) is 0 Å². The van der Waals surface area contributed by atoms with Crippen LogP contribution in [0.25, 0.3) is 0 Å². The van der Waals surface area contributed by atoms with Gasteiger partial charge in [-0.25, -0.2) is 13.6 Å². The molecule has 0 aliphatic rings. The van der Waals surface area contributed by atoms with Gasteiger partial charge >= 0.3 is 0 Å². The van der Waals surface area contributed by atoms with Crippen molar-refractivity contribution >= 4 is 10.0 Å². The third-order valence-corrected chi connectivity index (χ3v) is 3.24. The largest absolute Gasteiger partial charge is 0.305 e. The fourth-order valence-electron chi connectivity index (χ4n) is 1.48. The van der Waals surface area contributed by atoms with Crippen molar-refractivity contribution in [1.82, 2.24) is 4.90 Å². The molecule has 84 valence electrons. The first-order chi connectivity index (χ1) is 6.82. The number of benzene rings is 1. The van der Waals surface area contributed by atoms with Crippen molar-refractivity contribution in [2.45, 2.75) is 18.4 Å². The van der Waals surface area contributed by atoms with Crippen LogP contribution in [0.3, 0.4) is 0 Å². The smallest absolute Gasteiger partial charge is 0.238 e. The molecule has 0 bridgehead atoms. The van der Waals surface area contributed by atoms with E-state index in [-0.39, 0.29) is 4.90 Å². The van der Waals surface area contributed by atoms with Crippen LogP contribution in [0.15, 0.2) is 23.1 Å². The first-order valence-corrected chi connectivity index (χ1v) is 6.13. The Morgan fingerprint density at radius 1 is 1.33 bits per heavy atom. The van der Waals surface area contributed by atoms with Crippen LogP contribution < -0.4 is 5.14 Å². The SMILES string of the molecule is Cc1c(CN(C)C)cccc1S(N)(=O)=O. The number of hydrogen-bond donors (Lipinski definition) is 1. The van der Waals surface area contributed by atoms with E-state index in [4.69, 9.17) is 5.14 Å². The number of rotatable bonds is 3. The number of sulfonamides is 1. The van der Waals surface area contributed by atoms with Crippen LogP contribution >= 0.6 is 0 Å². The number of primary sulfonamides is 1. The number of nitrogens with zero attached hydrogens (tertiary/aromatic N) is 1. The van der Waals surface area contributed by atoms with Gasteiger partial charge in [-0.05, 0) is 38.2 Å². The van der Waals surface area contributed by atoms with Gasteiger partial charge in [0, 0.05) is 6.54 Å². The molecule has 0 aliphatic carbocycles. The fourth-order valence-corrected chi connectivity index (χ4v) is 2.31. The van der Waals surface area contributed by atoms with E-state index < -0.39 is 10.0 Å². The summed E-state index contributed by atoms with van der Waals surface area (Å²) in [7, 11) is 0.257. The molecular formula is C10H16N2O2S. The van der Waals surface area contributed by atoms with Crippen LogP contribution in [0.2, 0.25) is 0 Å². The minimum atomic E-state index is -3.61. The van der Waals surface area contributed by atoms with Crippen molar-refractivity contribution in [2.75, 3.05) is 14.1 Å². The topological polar surface area (TPSA) is 63.4 Å². The van der Waals surface area contributed by atoms with E-state index in [9.17, 15) is 8.42 Å². The van der Waals surface area contributed by atoms with Crippen molar-refractivity contribution in [3.05, 3.63) is 29.3 Å². The van der Waals surface area contributed by atoms with Crippen LogP contribution in [0, 0.1) is 6.92 Å². The highest BCUT2D eigenvalue weighted by molar-refractivity contribution is 7.89. The molecule has 5 heteroatoms. The van der Waals surface area contributed by atoms with E-state index in [1.807, 2.05) is 25.1 Å². The maximum absolute atomic E-state index is 11.3. The molecule has 0 atom stereocenters. The minimum Gasteiger partial charge on any atom is -0.305 e. The Kier molecular flexibility index (Phi) is 3.49. The van der Waals surface area contributed by atoms with Gasteiger partial charge in [-0.3, -0.25) is 0 Å². The lowest BCUT2D eigenvalue weighted by atomic mass is 10.1. The van der Waals surface area contributed by atoms with E-state index >= 15 is 0 Å². The lowest BCUT2D eigenvalue weighted by molar-refractivity contribution is 0.401. The summed E-state index contributed by atoms with van der Waals surface area (Å²) in [4.78, 5) is 2.19. The maximum atomic E-state index is 11.3. The van der Waals surface area contributed by atoms with Gasteiger partial charge in [0.2, 0.25) is 10.0 Å². The lowest BCUT2D eigenvalue weighted by Crippen LogP contribution is -2.17. The molecule has 0 unspecified atom stereocenters. The summed E-state index contributed by atoms with van der Waals surface area (Å²) in [6, 6.07) is 5.15. The van der Waals surface area contributed by atoms with Gasteiger partial charge in [-0.15, -0.1) is 0 Å². The standard InChI is InChI=1S/C10H16N2O2S/c1-8-9(7-12(2)3)5-4-6-10(8)15(11,13)14/h4-6H,7H2,1-3H3,(H2,11,13,14). The predicted octanol–water partition coefficient (Wildman–Crippen LogP) is 0.704. The Balaban J connectivity index is 3.24. The molecule has 4 nitrogen and oxygen atoms in total. The summed E-state index contributed by atoms with van der Waals surface area (Å²) in [6.07, 6.45) is 0. The third-order valence-electron chi connectivity index (χ3n) is 2.19. The van der Waals surface area contributed by atoms with E-state index in [1.165, 1.54) is 6.07 Å². The van der Waals surface area contributed by atoms with Crippen LogP contribution in [0.1, 0.15) is 11.1 Å². The van der Waals surface area contributed by atoms with Crippen molar-refractivity contribution in [3.63, 3.8) is 0 Å². The lowest BCUT2D eigenvalue weighted by Gasteiger charge is -2.14. The van der Waals surface area contributed by atoms with Gasteiger partial charge in [0.1, 0.15) is 0 Å². The molecule has 0 heterocycles. The highest BCUT2D eigenvalue weighted by atomic mass is 32.2. The molecule has 1 aromatic rings. The van der Waals surface area contributed by atoms with Gasteiger partial charge < -0.3 is 4.90 Å². The van der Waals surface area contributed by atoms with Gasteiger partial charge in [0.05, 0.1) is 4.90 Å². The molecule has 0 saturated heterocycles. The first kappa shape index (κ1) is 12.2. The molecule has 0 saturated carbocycles. The monoisotopic (exact) mass is 228 g/mol. The van der Waals surface area contributed by atoms with Crippen molar-refractivity contribution < 1.29 is 8.42 Å². The van der Waals surface area contributed by atoms with Crippen molar-refractivity contribution in [3.8, 4) is 0 Å². The average Bonchev–Trinajstić information content (AvgIpc) is 2.05. The summed E-state index contributed by atoms with van der Waals surface area (Å²) in [6.45, 7) is 2.48. The van der Waals surface area contributed by atoms with Gasteiger partial charge in [-0.1, -0.05) is 12.1 Å². The second-order valence-corrected chi connectivity index (χ2v) is 5.35. The van der Waals surface area contributed by atoms with Gasteiger partial charge in [-0.2, -0.15) is 0 Å². The highest BCUT2D eigenvalue weighted by Gasteiger charge is 2.13. The van der Waals surface area contributed by atoms with Gasteiger partial charge in [0.25, 0.3) is 0 Å². The Hall–Kier alpha value is -0.910. The second kappa shape index (κ2) is 4.30. The Labute approximate surface area is 90.8 Å². The van der Waals surface area contributed by atoms with Crippen LogP contribution in [-0.2, 0) is 16.6 Å². The maximum Gasteiger partial charge on any atom is 0.238 e. The summed E-state index contributed by atoms with van der Waals surface area (Å²) in [5.74, 6) is 0. The molecule has 1 aromatic carbocycles. The van der Waals surface area contributed by atoms with E-state index in [0.717, 1.165) is 11.1 Å².